The topological polar surface area (TPSA) is 58.1 Å². The van der Waals surface area contributed by atoms with Gasteiger partial charge < -0.3 is 5.32 Å². The van der Waals surface area contributed by atoms with Gasteiger partial charge in [0.15, 0.2) is 0 Å². The summed E-state index contributed by atoms with van der Waals surface area (Å²) in [6, 6.07) is 8.58. The standard InChI is InChI=1S/C22H26N4OS2/c1-15-16(2)29-22-20(15)21(24-14-25-22)28-13-19(27)23-11-17-5-7-18(8-6-17)12-26-9-3-4-10-26/h5-8,14H,3-4,9-13H2,1-2H3,(H,23,27). The molecule has 2 aromatic heterocycles. The molecular weight excluding hydrogens is 400 g/mol. The van der Waals surface area contributed by atoms with Gasteiger partial charge in [0.05, 0.1) is 5.75 Å². The fraction of sp³-hybridized carbons (Fsp3) is 0.409. The van der Waals surface area contributed by atoms with E-state index >= 15 is 0 Å². The summed E-state index contributed by atoms with van der Waals surface area (Å²) in [6.45, 7) is 8.18. The number of carbonyl (C=O) groups is 1. The number of nitrogens with one attached hydrogen (secondary N) is 1. The van der Waals surface area contributed by atoms with E-state index in [1.807, 2.05) is 0 Å². The van der Waals surface area contributed by atoms with Crippen LogP contribution in [0.15, 0.2) is 35.6 Å². The van der Waals surface area contributed by atoms with E-state index in [2.05, 4.69) is 58.3 Å². The number of aromatic nitrogens is 2. The monoisotopic (exact) mass is 426 g/mol. The Bertz CT molecular complexity index is 994. The van der Waals surface area contributed by atoms with Crippen LogP contribution >= 0.6 is 23.1 Å². The molecule has 0 spiro atoms. The van der Waals surface area contributed by atoms with Crippen molar-refractivity contribution in [2.75, 3.05) is 18.8 Å². The van der Waals surface area contributed by atoms with E-state index in [1.165, 1.54) is 53.7 Å². The third-order valence-corrected chi connectivity index (χ3v) is 7.49. The minimum atomic E-state index is 0.0208. The quantitative estimate of drug-likeness (QED) is 0.451. The first-order valence-electron chi connectivity index (χ1n) is 10.0. The minimum Gasteiger partial charge on any atom is -0.351 e. The second-order valence-corrected chi connectivity index (χ2v) is 9.67. The van der Waals surface area contributed by atoms with Crippen molar-refractivity contribution in [1.82, 2.24) is 20.2 Å². The lowest BCUT2D eigenvalue weighted by Crippen LogP contribution is -2.24. The number of amides is 1. The summed E-state index contributed by atoms with van der Waals surface area (Å²) in [4.78, 5) is 25.8. The van der Waals surface area contributed by atoms with E-state index in [0.29, 0.717) is 12.3 Å². The van der Waals surface area contributed by atoms with Crippen LogP contribution in [-0.2, 0) is 17.9 Å². The molecule has 3 aromatic rings. The van der Waals surface area contributed by atoms with E-state index in [0.717, 1.165) is 27.4 Å². The van der Waals surface area contributed by atoms with Gasteiger partial charge in [-0.2, -0.15) is 0 Å². The molecule has 0 bridgehead atoms. The molecule has 0 aliphatic carbocycles. The molecule has 0 atom stereocenters. The predicted octanol–water partition coefficient (Wildman–Crippen LogP) is 4.31. The van der Waals surface area contributed by atoms with E-state index in [1.54, 1.807) is 17.7 Å². The summed E-state index contributed by atoms with van der Waals surface area (Å²) >= 11 is 3.16. The molecule has 1 aliphatic rings. The average molecular weight is 427 g/mol. The second-order valence-electron chi connectivity index (χ2n) is 7.51. The Morgan fingerprint density at radius 3 is 2.62 bits per heavy atom. The lowest BCUT2D eigenvalue weighted by molar-refractivity contribution is -0.118. The Balaban J connectivity index is 1.28. The molecule has 3 heterocycles. The summed E-state index contributed by atoms with van der Waals surface area (Å²) in [6.07, 6.45) is 4.21. The molecule has 0 saturated carbocycles. The third-order valence-electron chi connectivity index (χ3n) is 5.39. The Kier molecular flexibility index (Phi) is 6.47. The molecule has 29 heavy (non-hydrogen) atoms. The summed E-state index contributed by atoms with van der Waals surface area (Å²) in [5.74, 6) is 0.375. The van der Waals surface area contributed by atoms with Gasteiger partial charge in [-0.05, 0) is 56.5 Å². The molecule has 4 rings (SSSR count). The summed E-state index contributed by atoms with van der Waals surface area (Å²) in [7, 11) is 0. The number of hydrogen-bond acceptors (Lipinski definition) is 6. The lowest BCUT2D eigenvalue weighted by atomic mass is 10.1. The van der Waals surface area contributed by atoms with Crippen LogP contribution in [0.4, 0.5) is 0 Å². The Labute approximate surface area is 179 Å². The first kappa shape index (κ1) is 20.3. The fourth-order valence-corrected chi connectivity index (χ4v) is 5.55. The zero-order valence-electron chi connectivity index (χ0n) is 16.9. The fourth-order valence-electron chi connectivity index (χ4n) is 3.61. The second kappa shape index (κ2) is 9.24. The van der Waals surface area contributed by atoms with Crippen LogP contribution in [0.3, 0.4) is 0 Å². The Hall–Kier alpha value is -1.96. The van der Waals surface area contributed by atoms with Crippen molar-refractivity contribution in [3.8, 4) is 0 Å². The molecule has 1 saturated heterocycles. The number of likely N-dealkylation sites (tertiary alicyclic amines) is 1. The summed E-state index contributed by atoms with van der Waals surface area (Å²) in [5, 5.41) is 4.99. The molecule has 1 fully saturated rings. The van der Waals surface area contributed by atoms with Gasteiger partial charge in [-0.3, -0.25) is 9.69 Å². The van der Waals surface area contributed by atoms with Gasteiger partial charge in [-0.15, -0.1) is 11.3 Å². The number of rotatable bonds is 7. The average Bonchev–Trinajstić information content (AvgIpc) is 3.34. The lowest BCUT2D eigenvalue weighted by Gasteiger charge is -2.14. The number of benzene rings is 1. The first-order valence-corrected chi connectivity index (χ1v) is 11.8. The minimum absolute atomic E-state index is 0.0208. The van der Waals surface area contributed by atoms with Crippen LogP contribution in [0.2, 0.25) is 0 Å². The van der Waals surface area contributed by atoms with Gasteiger partial charge in [0, 0.05) is 23.4 Å². The first-order chi connectivity index (χ1) is 14.1. The van der Waals surface area contributed by atoms with Crippen LogP contribution < -0.4 is 5.32 Å². The molecular formula is C22H26N4OS2. The highest BCUT2D eigenvalue weighted by atomic mass is 32.2. The predicted molar refractivity (Wildman–Crippen MR) is 120 cm³/mol. The van der Waals surface area contributed by atoms with Crippen LogP contribution in [-0.4, -0.2) is 39.6 Å². The molecule has 1 aromatic carbocycles. The van der Waals surface area contributed by atoms with Crippen molar-refractivity contribution in [2.24, 2.45) is 0 Å². The highest BCUT2D eigenvalue weighted by Gasteiger charge is 2.14. The van der Waals surface area contributed by atoms with E-state index < -0.39 is 0 Å². The van der Waals surface area contributed by atoms with Crippen molar-refractivity contribution < 1.29 is 4.79 Å². The van der Waals surface area contributed by atoms with E-state index in [4.69, 9.17) is 0 Å². The molecule has 1 aliphatic heterocycles. The largest absolute Gasteiger partial charge is 0.351 e. The van der Waals surface area contributed by atoms with Crippen molar-refractivity contribution in [3.63, 3.8) is 0 Å². The van der Waals surface area contributed by atoms with Crippen LogP contribution in [0, 0.1) is 13.8 Å². The van der Waals surface area contributed by atoms with E-state index in [-0.39, 0.29) is 5.91 Å². The zero-order valence-corrected chi connectivity index (χ0v) is 18.5. The van der Waals surface area contributed by atoms with Crippen LogP contribution in [0.5, 0.6) is 0 Å². The number of aryl methyl sites for hydroxylation is 2. The third kappa shape index (κ3) is 4.97. The molecule has 7 heteroatoms. The number of hydrogen-bond donors (Lipinski definition) is 1. The van der Waals surface area contributed by atoms with Crippen LogP contribution in [0.1, 0.15) is 34.4 Å². The maximum absolute atomic E-state index is 12.3. The van der Waals surface area contributed by atoms with Gasteiger partial charge in [-0.25, -0.2) is 9.97 Å². The van der Waals surface area contributed by atoms with Crippen molar-refractivity contribution in [3.05, 3.63) is 52.2 Å². The number of fused-ring (bicyclic) bond motifs is 1. The van der Waals surface area contributed by atoms with Crippen molar-refractivity contribution >= 4 is 39.2 Å². The Morgan fingerprint density at radius 2 is 1.86 bits per heavy atom. The SMILES string of the molecule is Cc1sc2ncnc(SCC(=O)NCc3ccc(CN4CCCC4)cc3)c2c1C. The molecule has 5 nitrogen and oxygen atoms in total. The number of nitrogens with zero attached hydrogens (tertiary/aromatic N) is 3. The number of thiophene rings is 1. The Morgan fingerprint density at radius 1 is 1.14 bits per heavy atom. The molecule has 0 unspecified atom stereocenters. The van der Waals surface area contributed by atoms with Crippen molar-refractivity contribution in [2.45, 2.75) is 44.8 Å². The molecule has 0 radical (unpaired) electrons. The van der Waals surface area contributed by atoms with Gasteiger partial charge in [0.2, 0.25) is 5.91 Å². The van der Waals surface area contributed by atoms with E-state index in [9.17, 15) is 4.79 Å². The molecule has 152 valence electrons. The van der Waals surface area contributed by atoms with Gasteiger partial charge >= 0.3 is 0 Å². The van der Waals surface area contributed by atoms with Crippen LogP contribution in [0.25, 0.3) is 10.2 Å². The zero-order chi connectivity index (χ0) is 20.2. The van der Waals surface area contributed by atoms with Gasteiger partial charge in [0.25, 0.3) is 0 Å². The highest BCUT2D eigenvalue weighted by molar-refractivity contribution is 8.00. The summed E-state index contributed by atoms with van der Waals surface area (Å²) in [5.41, 5.74) is 3.68. The normalized spacial score (nSPS) is 14.6. The van der Waals surface area contributed by atoms with Crippen molar-refractivity contribution in [1.29, 1.82) is 0 Å². The maximum Gasteiger partial charge on any atom is 0.230 e. The summed E-state index contributed by atoms with van der Waals surface area (Å²) < 4.78 is 0. The maximum atomic E-state index is 12.3. The molecule has 1 N–H and O–H groups in total. The van der Waals surface area contributed by atoms with Gasteiger partial charge in [-0.1, -0.05) is 36.0 Å². The van der Waals surface area contributed by atoms with Gasteiger partial charge in [0.1, 0.15) is 16.2 Å². The number of thioether (sulfide) groups is 1. The smallest absolute Gasteiger partial charge is 0.230 e. The molecule has 1 amide bonds. The highest BCUT2D eigenvalue weighted by Crippen LogP contribution is 2.34. The number of carbonyl (C=O) groups excluding carboxylic acids is 1.